The van der Waals surface area contributed by atoms with Crippen LogP contribution in [0.4, 0.5) is 5.69 Å². The molecule has 1 aromatic heterocycles. The first-order valence-corrected chi connectivity index (χ1v) is 17.9. The second-order valence-electron chi connectivity index (χ2n) is 12.3. The van der Waals surface area contributed by atoms with Crippen LogP contribution in [0.2, 0.25) is 10.0 Å². The van der Waals surface area contributed by atoms with E-state index in [1.807, 2.05) is 27.6 Å². The van der Waals surface area contributed by atoms with Gasteiger partial charge in [-0.05, 0) is 77.4 Å². The fourth-order valence-electron chi connectivity index (χ4n) is 5.81. The fourth-order valence-corrected chi connectivity index (χ4v) is 7.46. The van der Waals surface area contributed by atoms with Crippen LogP contribution in [0.15, 0.2) is 97.2 Å². The molecule has 1 fully saturated rings. The predicted octanol–water partition coefficient (Wildman–Crippen LogP) is 8.65. The first-order chi connectivity index (χ1) is 22.6. The molecule has 0 bridgehead atoms. The zero-order valence-electron chi connectivity index (χ0n) is 26.3. The molecule has 0 aliphatic carbocycles. The number of rotatable bonds is 11. The van der Waals surface area contributed by atoms with Crippen molar-refractivity contribution < 1.29 is 13.2 Å². The Hall–Kier alpha value is -4.11. The number of unbranched alkanes of at least 4 members (excludes halogenated alkanes) is 1. The molecule has 0 radical (unpaired) electrons. The van der Waals surface area contributed by atoms with Gasteiger partial charge in [-0.3, -0.25) is 4.79 Å². The minimum Gasteiger partial charge on any atom is -0.303 e. The molecule has 2 heterocycles. The topological polar surface area (TPSA) is 84.3 Å². The van der Waals surface area contributed by atoms with Crippen molar-refractivity contribution in [3.63, 3.8) is 0 Å². The second-order valence-corrected chi connectivity index (χ2v) is 14.7. The molecule has 1 N–H and O–H groups in total. The van der Waals surface area contributed by atoms with E-state index in [2.05, 4.69) is 62.4 Å². The maximum Gasteiger partial charge on any atom is 0.326 e. The molecule has 1 saturated heterocycles. The standard InChI is InChI=1S/C37H36Cl2N4O3S/c1-25(2)6-3-4-7-26-10-14-28(15-11-26)29-16-12-27(13-17-29)20-36-40-35(33-19-18-30(38)21-34(33)39)23-42(36)31-8-5-9-32(22-31)43-24-37(44)41-47(43,45)46/h5,8-19,21-23,25H,3-4,6-7,20,24H2,1-2H3,(H,41,44). The lowest BCUT2D eigenvalue weighted by Crippen LogP contribution is -2.29. The van der Waals surface area contributed by atoms with Gasteiger partial charge in [0.25, 0.3) is 5.91 Å². The van der Waals surface area contributed by atoms with Crippen molar-refractivity contribution in [3.05, 3.63) is 124 Å². The van der Waals surface area contributed by atoms with E-state index in [1.54, 1.807) is 30.3 Å². The Morgan fingerprint density at radius 1 is 0.851 bits per heavy atom. The lowest BCUT2D eigenvalue weighted by atomic mass is 9.99. The van der Waals surface area contributed by atoms with E-state index in [1.165, 1.54) is 30.4 Å². The van der Waals surface area contributed by atoms with Gasteiger partial charge in [0, 0.05) is 28.9 Å². The molecule has 0 spiro atoms. The highest BCUT2D eigenvalue weighted by atomic mass is 35.5. The molecule has 0 unspecified atom stereocenters. The number of nitrogens with one attached hydrogen (secondary N) is 1. The lowest BCUT2D eigenvalue weighted by Gasteiger charge is -2.16. The number of anilines is 1. The van der Waals surface area contributed by atoms with Crippen molar-refractivity contribution >= 4 is 45.0 Å². The largest absolute Gasteiger partial charge is 0.326 e. The average Bonchev–Trinajstić information content (AvgIpc) is 3.58. The quantitative estimate of drug-likeness (QED) is 0.141. The van der Waals surface area contributed by atoms with Crippen LogP contribution in [0.3, 0.4) is 0 Å². The number of hydrogen-bond acceptors (Lipinski definition) is 4. The smallest absolute Gasteiger partial charge is 0.303 e. The fraction of sp³-hybridized carbons (Fsp3) is 0.243. The minimum absolute atomic E-state index is 0.276. The number of carbonyl (C=O) groups excluding carboxylic acids is 1. The summed E-state index contributed by atoms with van der Waals surface area (Å²) in [5.74, 6) is 0.911. The van der Waals surface area contributed by atoms with Gasteiger partial charge in [0.05, 0.1) is 16.4 Å². The minimum atomic E-state index is -3.95. The summed E-state index contributed by atoms with van der Waals surface area (Å²) in [5, 5.41) is 0.999. The summed E-state index contributed by atoms with van der Waals surface area (Å²) < 4.78 is 30.1. The summed E-state index contributed by atoms with van der Waals surface area (Å²) in [7, 11) is -3.95. The van der Waals surface area contributed by atoms with Gasteiger partial charge in [0.1, 0.15) is 12.4 Å². The first-order valence-electron chi connectivity index (χ1n) is 15.7. The molecule has 1 aliphatic heterocycles. The normalized spacial score (nSPS) is 14.1. The van der Waals surface area contributed by atoms with Crippen molar-refractivity contribution in [2.75, 3.05) is 10.8 Å². The molecule has 0 atom stereocenters. The van der Waals surface area contributed by atoms with E-state index in [9.17, 15) is 13.2 Å². The van der Waals surface area contributed by atoms with Crippen molar-refractivity contribution in [3.8, 4) is 28.1 Å². The Kier molecular flexibility index (Phi) is 9.73. The van der Waals surface area contributed by atoms with Crippen molar-refractivity contribution in [2.24, 2.45) is 5.92 Å². The van der Waals surface area contributed by atoms with Gasteiger partial charge in [-0.2, -0.15) is 8.42 Å². The number of carbonyl (C=O) groups is 1. The van der Waals surface area contributed by atoms with E-state index in [0.29, 0.717) is 33.5 Å². The number of nitrogens with zero attached hydrogens (tertiary/aromatic N) is 3. The van der Waals surface area contributed by atoms with Crippen LogP contribution in [0, 0.1) is 5.92 Å². The summed E-state index contributed by atoms with van der Waals surface area (Å²) in [4.78, 5) is 16.9. The van der Waals surface area contributed by atoms with Crippen LogP contribution < -0.4 is 9.03 Å². The zero-order valence-corrected chi connectivity index (χ0v) is 28.6. The van der Waals surface area contributed by atoms with Crippen molar-refractivity contribution in [2.45, 2.75) is 46.0 Å². The second kappa shape index (κ2) is 13.9. The number of aryl methyl sites for hydroxylation is 1. The zero-order chi connectivity index (χ0) is 33.1. The SMILES string of the molecule is CC(C)CCCCc1ccc(-c2ccc(Cc3nc(-c4ccc(Cl)cc4Cl)cn3-c3cccc(N4CC(=O)NS4(=O)=O)c3)cc2)cc1. The number of hydrogen-bond donors (Lipinski definition) is 1. The van der Waals surface area contributed by atoms with Gasteiger partial charge in [0.15, 0.2) is 0 Å². The van der Waals surface area contributed by atoms with Crippen LogP contribution in [0.5, 0.6) is 0 Å². The van der Waals surface area contributed by atoms with E-state index in [0.717, 1.165) is 39.2 Å². The number of amides is 1. The maximum atomic E-state index is 12.6. The molecule has 0 saturated carbocycles. The van der Waals surface area contributed by atoms with Crippen LogP contribution >= 0.6 is 23.2 Å². The molecule has 4 aromatic carbocycles. The number of imidazole rings is 1. The van der Waals surface area contributed by atoms with Crippen LogP contribution in [-0.4, -0.2) is 30.4 Å². The van der Waals surface area contributed by atoms with Gasteiger partial charge in [-0.1, -0.05) is 104 Å². The van der Waals surface area contributed by atoms with E-state index < -0.39 is 16.1 Å². The predicted molar refractivity (Wildman–Crippen MR) is 191 cm³/mol. The molecule has 242 valence electrons. The average molecular weight is 688 g/mol. The van der Waals surface area contributed by atoms with Crippen molar-refractivity contribution in [1.29, 1.82) is 0 Å². The summed E-state index contributed by atoms with van der Waals surface area (Å²) in [6, 6.07) is 29.6. The van der Waals surface area contributed by atoms with Gasteiger partial charge >= 0.3 is 10.2 Å². The van der Waals surface area contributed by atoms with Crippen LogP contribution in [-0.2, 0) is 27.8 Å². The molecule has 7 nitrogen and oxygen atoms in total. The molecule has 5 aromatic rings. The third-order valence-corrected chi connectivity index (χ3v) is 10.3. The van der Waals surface area contributed by atoms with Gasteiger partial charge in [-0.15, -0.1) is 0 Å². The number of benzene rings is 4. The third kappa shape index (κ3) is 7.73. The lowest BCUT2D eigenvalue weighted by molar-refractivity contribution is -0.117. The summed E-state index contributed by atoms with van der Waals surface area (Å²) in [6.45, 7) is 4.27. The Bertz CT molecular complexity index is 2010. The third-order valence-electron chi connectivity index (χ3n) is 8.30. The van der Waals surface area contributed by atoms with Gasteiger partial charge in [0.2, 0.25) is 0 Å². The van der Waals surface area contributed by atoms with Crippen LogP contribution in [0.1, 0.15) is 50.1 Å². The molecular weight excluding hydrogens is 651 g/mol. The Balaban J connectivity index is 1.27. The molecule has 6 rings (SSSR count). The maximum absolute atomic E-state index is 12.6. The molecular formula is C37H36Cl2N4O3S. The highest BCUT2D eigenvalue weighted by Gasteiger charge is 2.34. The summed E-state index contributed by atoms with van der Waals surface area (Å²) in [6.07, 6.45) is 7.24. The van der Waals surface area contributed by atoms with E-state index >= 15 is 0 Å². The Morgan fingerprint density at radius 2 is 1.53 bits per heavy atom. The highest BCUT2D eigenvalue weighted by Crippen LogP contribution is 2.32. The summed E-state index contributed by atoms with van der Waals surface area (Å²) >= 11 is 12.7. The highest BCUT2D eigenvalue weighted by molar-refractivity contribution is 7.92. The Morgan fingerprint density at radius 3 is 2.17 bits per heavy atom. The van der Waals surface area contributed by atoms with Gasteiger partial charge < -0.3 is 4.57 Å². The molecule has 1 aliphatic rings. The number of aromatic nitrogens is 2. The van der Waals surface area contributed by atoms with Crippen LogP contribution in [0.25, 0.3) is 28.1 Å². The van der Waals surface area contributed by atoms with E-state index in [-0.39, 0.29) is 6.54 Å². The summed E-state index contributed by atoms with van der Waals surface area (Å²) in [5.41, 5.74) is 7.18. The number of halogens is 2. The molecule has 47 heavy (non-hydrogen) atoms. The molecule has 1 amide bonds. The van der Waals surface area contributed by atoms with Gasteiger partial charge in [-0.25, -0.2) is 14.0 Å². The monoisotopic (exact) mass is 686 g/mol. The molecule has 10 heteroatoms. The van der Waals surface area contributed by atoms with E-state index in [4.69, 9.17) is 28.2 Å². The first kappa shape index (κ1) is 32.8. The Labute approximate surface area is 286 Å². The van der Waals surface area contributed by atoms with Crippen molar-refractivity contribution in [1.82, 2.24) is 14.3 Å².